The molecule has 2 aliphatic rings. The number of anilines is 1. The summed E-state index contributed by atoms with van der Waals surface area (Å²) in [5.41, 5.74) is 7.55. The van der Waals surface area contributed by atoms with Crippen molar-refractivity contribution in [3.05, 3.63) is 29.8 Å². The standard InChI is InChI=1S/C15H20N2O4/c16-8-12-15(20)14(19)11(21-12)7-13(18)17-6-5-9-3-1-2-4-10(9)17/h1-4,11-12,14-15,19-20H,5-8,16H2/t11-,12+,14+,15+/m0/s1. The Kier molecular flexibility index (Phi) is 3.95. The predicted molar refractivity (Wildman–Crippen MR) is 76.8 cm³/mol. The van der Waals surface area contributed by atoms with E-state index in [4.69, 9.17) is 10.5 Å². The summed E-state index contributed by atoms with van der Waals surface area (Å²) < 4.78 is 5.48. The molecule has 0 aliphatic carbocycles. The smallest absolute Gasteiger partial charge is 0.229 e. The van der Waals surface area contributed by atoms with Crippen molar-refractivity contribution in [3.8, 4) is 0 Å². The second-order valence-electron chi connectivity index (χ2n) is 5.56. The van der Waals surface area contributed by atoms with Crippen LogP contribution in [-0.4, -0.2) is 53.6 Å². The number of benzene rings is 1. The zero-order valence-electron chi connectivity index (χ0n) is 11.7. The SMILES string of the molecule is NC[C@H]1O[C@@H](CC(=O)N2CCc3ccccc32)[C@@H](O)[C@@H]1O. The minimum Gasteiger partial charge on any atom is -0.388 e. The highest BCUT2D eigenvalue weighted by Gasteiger charge is 2.43. The molecule has 4 N–H and O–H groups in total. The Morgan fingerprint density at radius 3 is 2.71 bits per heavy atom. The highest BCUT2D eigenvalue weighted by molar-refractivity contribution is 5.95. The van der Waals surface area contributed by atoms with Crippen LogP contribution in [0.3, 0.4) is 0 Å². The molecule has 1 fully saturated rings. The summed E-state index contributed by atoms with van der Waals surface area (Å²) in [6.45, 7) is 0.763. The number of aliphatic hydroxyl groups excluding tert-OH is 2. The molecule has 1 aromatic rings. The molecule has 6 heteroatoms. The average molecular weight is 292 g/mol. The van der Waals surface area contributed by atoms with Crippen molar-refractivity contribution >= 4 is 11.6 Å². The van der Waals surface area contributed by atoms with E-state index in [0.29, 0.717) is 6.54 Å². The molecule has 2 heterocycles. The van der Waals surface area contributed by atoms with E-state index in [2.05, 4.69) is 0 Å². The molecule has 0 bridgehead atoms. The number of amides is 1. The molecule has 0 spiro atoms. The number of nitrogens with two attached hydrogens (primary N) is 1. The number of hydrogen-bond acceptors (Lipinski definition) is 5. The molecule has 6 nitrogen and oxygen atoms in total. The maximum Gasteiger partial charge on any atom is 0.229 e. The number of para-hydroxylation sites is 1. The summed E-state index contributed by atoms with van der Waals surface area (Å²) in [5, 5.41) is 19.7. The van der Waals surface area contributed by atoms with Crippen molar-refractivity contribution in [1.82, 2.24) is 0 Å². The molecule has 3 rings (SSSR count). The molecule has 1 amide bonds. The molecule has 114 valence electrons. The van der Waals surface area contributed by atoms with E-state index in [0.717, 1.165) is 17.7 Å². The number of ether oxygens (including phenoxy) is 1. The van der Waals surface area contributed by atoms with Crippen molar-refractivity contribution in [1.29, 1.82) is 0 Å². The quantitative estimate of drug-likeness (QED) is 0.692. The minimum absolute atomic E-state index is 0.0447. The summed E-state index contributed by atoms with van der Waals surface area (Å²) in [6.07, 6.45) is -2.52. The number of nitrogens with zero attached hydrogens (tertiary/aromatic N) is 1. The lowest BCUT2D eigenvalue weighted by atomic mass is 10.1. The van der Waals surface area contributed by atoms with Gasteiger partial charge in [0.25, 0.3) is 0 Å². The lowest BCUT2D eigenvalue weighted by Gasteiger charge is -2.21. The monoisotopic (exact) mass is 292 g/mol. The average Bonchev–Trinajstić information content (AvgIpc) is 3.03. The molecule has 1 saturated heterocycles. The van der Waals surface area contributed by atoms with Crippen LogP contribution in [0.1, 0.15) is 12.0 Å². The maximum atomic E-state index is 12.4. The molecule has 0 unspecified atom stereocenters. The Morgan fingerprint density at radius 2 is 2.00 bits per heavy atom. The molecule has 4 atom stereocenters. The van der Waals surface area contributed by atoms with E-state index in [1.54, 1.807) is 4.90 Å². The van der Waals surface area contributed by atoms with Gasteiger partial charge in [-0.2, -0.15) is 0 Å². The Balaban J connectivity index is 1.68. The first-order valence-electron chi connectivity index (χ1n) is 7.21. The van der Waals surface area contributed by atoms with Gasteiger partial charge in [-0.1, -0.05) is 18.2 Å². The van der Waals surface area contributed by atoms with Gasteiger partial charge in [0.2, 0.25) is 5.91 Å². The Morgan fingerprint density at radius 1 is 1.29 bits per heavy atom. The third-order valence-corrected chi connectivity index (χ3v) is 4.26. The summed E-state index contributed by atoms with van der Waals surface area (Å²) in [6, 6.07) is 7.79. The highest BCUT2D eigenvalue weighted by Crippen LogP contribution is 2.30. The second kappa shape index (κ2) is 5.73. The van der Waals surface area contributed by atoms with Crippen LogP contribution < -0.4 is 10.6 Å². The third kappa shape index (κ3) is 2.55. The number of carbonyl (C=O) groups is 1. The summed E-state index contributed by atoms with van der Waals surface area (Å²) >= 11 is 0. The number of hydrogen-bond donors (Lipinski definition) is 3. The third-order valence-electron chi connectivity index (χ3n) is 4.26. The van der Waals surface area contributed by atoms with Crippen molar-refractivity contribution < 1.29 is 19.7 Å². The molecule has 21 heavy (non-hydrogen) atoms. The van der Waals surface area contributed by atoms with Gasteiger partial charge in [0, 0.05) is 18.8 Å². The first kappa shape index (κ1) is 14.5. The minimum atomic E-state index is -1.07. The van der Waals surface area contributed by atoms with Crippen LogP contribution >= 0.6 is 0 Å². The van der Waals surface area contributed by atoms with Gasteiger partial charge in [-0.25, -0.2) is 0 Å². The van der Waals surface area contributed by atoms with Crippen molar-refractivity contribution in [2.24, 2.45) is 5.73 Å². The zero-order chi connectivity index (χ0) is 15.0. The molecule has 2 aliphatic heterocycles. The molecular formula is C15H20N2O4. The molecule has 0 saturated carbocycles. The predicted octanol–water partition coefficient (Wildman–Crippen LogP) is -0.586. The number of rotatable bonds is 3. The van der Waals surface area contributed by atoms with Crippen molar-refractivity contribution in [2.45, 2.75) is 37.3 Å². The van der Waals surface area contributed by atoms with Crippen LogP contribution in [0.15, 0.2) is 24.3 Å². The van der Waals surface area contributed by atoms with Gasteiger partial charge in [-0.3, -0.25) is 4.79 Å². The van der Waals surface area contributed by atoms with Gasteiger partial charge < -0.3 is 25.6 Å². The lowest BCUT2D eigenvalue weighted by molar-refractivity contribution is -0.122. The van der Waals surface area contributed by atoms with E-state index < -0.39 is 24.4 Å². The number of fused-ring (bicyclic) bond motifs is 1. The fourth-order valence-corrected chi connectivity index (χ4v) is 3.07. The van der Waals surface area contributed by atoms with E-state index in [9.17, 15) is 15.0 Å². The Hall–Kier alpha value is -1.47. The molecule has 1 aromatic carbocycles. The first-order valence-corrected chi connectivity index (χ1v) is 7.21. The molecule has 0 radical (unpaired) electrons. The fourth-order valence-electron chi connectivity index (χ4n) is 3.07. The Bertz CT molecular complexity index is 536. The van der Waals surface area contributed by atoms with Crippen molar-refractivity contribution in [3.63, 3.8) is 0 Å². The van der Waals surface area contributed by atoms with Gasteiger partial charge in [0.15, 0.2) is 0 Å². The Labute approximate surface area is 123 Å². The van der Waals surface area contributed by atoms with Crippen LogP contribution in [0, 0.1) is 0 Å². The van der Waals surface area contributed by atoms with Crippen LogP contribution in [0.5, 0.6) is 0 Å². The topological polar surface area (TPSA) is 96.0 Å². The van der Waals surface area contributed by atoms with E-state index >= 15 is 0 Å². The van der Waals surface area contributed by atoms with E-state index in [1.807, 2.05) is 24.3 Å². The fraction of sp³-hybridized carbons (Fsp3) is 0.533. The van der Waals surface area contributed by atoms with E-state index in [1.165, 1.54) is 0 Å². The summed E-state index contributed by atoms with van der Waals surface area (Å²) in [4.78, 5) is 14.1. The van der Waals surface area contributed by atoms with Crippen LogP contribution in [0.4, 0.5) is 5.69 Å². The lowest BCUT2D eigenvalue weighted by Crippen LogP contribution is -2.38. The number of carbonyl (C=O) groups excluding carboxylic acids is 1. The molecule has 0 aromatic heterocycles. The number of aliphatic hydroxyl groups is 2. The normalized spacial score (nSPS) is 31.5. The van der Waals surface area contributed by atoms with Crippen LogP contribution in [0.2, 0.25) is 0 Å². The van der Waals surface area contributed by atoms with Gasteiger partial charge in [0.1, 0.15) is 12.2 Å². The maximum absolute atomic E-state index is 12.4. The molecular weight excluding hydrogens is 272 g/mol. The van der Waals surface area contributed by atoms with Crippen LogP contribution in [0.25, 0.3) is 0 Å². The van der Waals surface area contributed by atoms with Crippen LogP contribution in [-0.2, 0) is 16.0 Å². The summed E-state index contributed by atoms with van der Waals surface area (Å²) in [7, 11) is 0. The van der Waals surface area contributed by atoms with Gasteiger partial charge in [-0.15, -0.1) is 0 Å². The van der Waals surface area contributed by atoms with Gasteiger partial charge in [0.05, 0.1) is 18.6 Å². The highest BCUT2D eigenvalue weighted by atomic mass is 16.5. The second-order valence-corrected chi connectivity index (χ2v) is 5.56. The van der Waals surface area contributed by atoms with Gasteiger partial charge in [-0.05, 0) is 18.1 Å². The zero-order valence-corrected chi connectivity index (χ0v) is 11.7. The van der Waals surface area contributed by atoms with Gasteiger partial charge >= 0.3 is 0 Å². The first-order chi connectivity index (χ1) is 10.1. The summed E-state index contributed by atoms with van der Waals surface area (Å²) in [5.74, 6) is -0.103. The van der Waals surface area contributed by atoms with Crippen molar-refractivity contribution in [2.75, 3.05) is 18.0 Å². The largest absolute Gasteiger partial charge is 0.388 e. The van der Waals surface area contributed by atoms with E-state index in [-0.39, 0.29) is 18.9 Å².